The van der Waals surface area contributed by atoms with E-state index >= 15 is 0 Å². The first kappa shape index (κ1) is 17.2. The quantitative estimate of drug-likeness (QED) is 0.469. The number of para-hydroxylation sites is 1. The first-order valence-corrected chi connectivity index (χ1v) is 8.08. The summed E-state index contributed by atoms with van der Waals surface area (Å²) >= 11 is 0. The van der Waals surface area contributed by atoms with Crippen molar-refractivity contribution in [2.24, 2.45) is 5.10 Å². The minimum Gasteiger partial charge on any atom is -0.504 e. The predicted molar refractivity (Wildman–Crippen MR) is 101 cm³/mol. The number of ether oxygens (including phenoxy) is 1. The van der Waals surface area contributed by atoms with Crippen LogP contribution in [0.15, 0.2) is 64.5 Å². The van der Waals surface area contributed by atoms with E-state index in [1.165, 1.54) is 12.3 Å². The average Bonchev–Trinajstić information content (AvgIpc) is 2.65. The van der Waals surface area contributed by atoms with Gasteiger partial charge in [0.2, 0.25) is 5.95 Å². The highest BCUT2D eigenvalue weighted by atomic mass is 16.5. The number of hydrogen-bond acceptors (Lipinski definition) is 6. The highest BCUT2D eigenvalue weighted by Gasteiger charge is 2.06. The lowest BCUT2D eigenvalue weighted by Crippen LogP contribution is -2.10. The molecule has 0 radical (unpaired) electrons. The van der Waals surface area contributed by atoms with Gasteiger partial charge < -0.3 is 9.84 Å². The zero-order valence-electron chi connectivity index (χ0n) is 14.1. The van der Waals surface area contributed by atoms with Crippen molar-refractivity contribution < 1.29 is 9.84 Å². The van der Waals surface area contributed by atoms with E-state index in [1.807, 2.05) is 37.3 Å². The van der Waals surface area contributed by atoms with E-state index in [4.69, 9.17) is 4.74 Å². The standard InChI is InChI=1S/C19H18N4O3/c1-2-26-16-10-6-9-14(18(16)25)12-20-23-19-21-15(11-17(24)22-19)13-7-4-3-5-8-13/h3-12,25H,2H2,1H3,(H2,21,22,23,24)/b20-12-. The molecule has 132 valence electrons. The normalized spacial score (nSPS) is 10.8. The van der Waals surface area contributed by atoms with Gasteiger partial charge in [-0.25, -0.2) is 10.4 Å². The number of hydrazone groups is 1. The van der Waals surface area contributed by atoms with Crippen molar-refractivity contribution in [1.82, 2.24) is 9.97 Å². The van der Waals surface area contributed by atoms with Crippen LogP contribution in [-0.2, 0) is 0 Å². The summed E-state index contributed by atoms with van der Waals surface area (Å²) < 4.78 is 5.33. The molecule has 2 aromatic carbocycles. The number of benzene rings is 2. The number of nitrogens with zero attached hydrogens (tertiary/aromatic N) is 2. The van der Waals surface area contributed by atoms with Gasteiger partial charge in [0.15, 0.2) is 11.5 Å². The molecular formula is C19H18N4O3. The number of phenolic OH excluding ortho intramolecular Hbond substituents is 1. The number of H-pyrrole nitrogens is 1. The number of aromatic hydroxyl groups is 1. The Morgan fingerprint density at radius 3 is 2.81 bits per heavy atom. The molecule has 0 bridgehead atoms. The van der Waals surface area contributed by atoms with E-state index in [-0.39, 0.29) is 17.3 Å². The number of rotatable bonds is 6. The second-order valence-corrected chi connectivity index (χ2v) is 5.34. The van der Waals surface area contributed by atoms with Crippen molar-refractivity contribution in [3.8, 4) is 22.8 Å². The maximum Gasteiger partial charge on any atom is 0.252 e. The Balaban J connectivity index is 1.80. The van der Waals surface area contributed by atoms with E-state index in [0.29, 0.717) is 23.6 Å². The molecule has 26 heavy (non-hydrogen) atoms. The van der Waals surface area contributed by atoms with Crippen molar-refractivity contribution in [2.75, 3.05) is 12.0 Å². The molecule has 0 aliphatic carbocycles. The van der Waals surface area contributed by atoms with Crippen molar-refractivity contribution in [1.29, 1.82) is 0 Å². The van der Waals surface area contributed by atoms with Crippen molar-refractivity contribution in [2.45, 2.75) is 6.92 Å². The van der Waals surface area contributed by atoms with Crippen LogP contribution in [0.5, 0.6) is 11.5 Å². The topological polar surface area (TPSA) is 99.6 Å². The minimum absolute atomic E-state index is 0.000566. The zero-order chi connectivity index (χ0) is 18.4. The fourth-order valence-corrected chi connectivity index (χ4v) is 2.35. The molecular weight excluding hydrogens is 332 g/mol. The highest BCUT2D eigenvalue weighted by molar-refractivity contribution is 5.85. The third-order valence-corrected chi connectivity index (χ3v) is 3.52. The van der Waals surface area contributed by atoms with E-state index < -0.39 is 0 Å². The molecule has 0 saturated heterocycles. The van der Waals surface area contributed by atoms with Gasteiger partial charge >= 0.3 is 0 Å². The maximum atomic E-state index is 11.8. The molecule has 1 aromatic heterocycles. The molecule has 0 unspecified atom stereocenters. The van der Waals surface area contributed by atoms with Crippen LogP contribution < -0.4 is 15.7 Å². The number of hydrogen-bond donors (Lipinski definition) is 3. The Morgan fingerprint density at radius 1 is 1.23 bits per heavy atom. The summed E-state index contributed by atoms with van der Waals surface area (Å²) in [6.07, 6.45) is 1.42. The second kappa shape index (κ2) is 7.98. The summed E-state index contributed by atoms with van der Waals surface area (Å²) in [4.78, 5) is 18.8. The Kier molecular flexibility index (Phi) is 5.28. The third kappa shape index (κ3) is 4.07. The summed E-state index contributed by atoms with van der Waals surface area (Å²) in [6.45, 7) is 2.29. The number of nitrogens with one attached hydrogen (secondary N) is 2. The highest BCUT2D eigenvalue weighted by Crippen LogP contribution is 2.28. The lowest BCUT2D eigenvalue weighted by molar-refractivity contribution is 0.318. The lowest BCUT2D eigenvalue weighted by atomic mass is 10.1. The second-order valence-electron chi connectivity index (χ2n) is 5.34. The fourth-order valence-electron chi connectivity index (χ4n) is 2.35. The van der Waals surface area contributed by atoms with E-state index in [0.717, 1.165) is 5.56 Å². The molecule has 0 aliphatic rings. The predicted octanol–water partition coefficient (Wildman–Crippen LogP) is 2.99. The monoisotopic (exact) mass is 350 g/mol. The SMILES string of the molecule is CCOc1cccc(/C=N\Nc2nc(-c3ccccc3)cc(=O)[nH]2)c1O. The molecule has 0 aliphatic heterocycles. The molecule has 0 spiro atoms. The minimum atomic E-state index is -0.294. The largest absolute Gasteiger partial charge is 0.504 e. The van der Waals surface area contributed by atoms with Gasteiger partial charge in [0.05, 0.1) is 18.5 Å². The van der Waals surface area contributed by atoms with Crippen LogP contribution in [0.4, 0.5) is 5.95 Å². The van der Waals surface area contributed by atoms with Crippen LogP contribution >= 0.6 is 0 Å². The molecule has 3 aromatic rings. The first-order valence-electron chi connectivity index (χ1n) is 8.08. The summed E-state index contributed by atoms with van der Waals surface area (Å²) in [5, 5.41) is 14.2. The number of phenols is 1. The lowest BCUT2D eigenvalue weighted by Gasteiger charge is -2.07. The molecule has 3 N–H and O–H groups in total. The smallest absolute Gasteiger partial charge is 0.252 e. The Hall–Kier alpha value is -3.61. The van der Waals surface area contributed by atoms with E-state index in [1.54, 1.807) is 18.2 Å². The van der Waals surface area contributed by atoms with Gasteiger partial charge in [0, 0.05) is 17.2 Å². The average molecular weight is 350 g/mol. The van der Waals surface area contributed by atoms with E-state index in [2.05, 4.69) is 20.5 Å². The molecule has 0 atom stereocenters. The number of aromatic amines is 1. The van der Waals surface area contributed by atoms with Crippen LogP contribution in [0.1, 0.15) is 12.5 Å². The fraction of sp³-hybridized carbons (Fsp3) is 0.105. The van der Waals surface area contributed by atoms with Gasteiger partial charge in [0.1, 0.15) is 0 Å². The maximum absolute atomic E-state index is 11.8. The summed E-state index contributed by atoms with van der Waals surface area (Å²) in [5.41, 5.74) is 4.22. The molecule has 7 nitrogen and oxygen atoms in total. The Bertz CT molecular complexity index is 968. The number of aromatic nitrogens is 2. The van der Waals surface area contributed by atoms with Crippen LogP contribution in [-0.4, -0.2) is 27.9 Å². The van der Waals surface area contributed by atoms with Gasteiger partial charge in [-0.1, -0.05) is 36.4 Å². The molecule has 1 heterocycles. The van der Waals surface area contributed by atoms with Crippen molar-refractivity contribution in [3.63, 3.8) is 0 Å². The van der Waals surface area contributed by atoms with Crippen LogP contribution in [0, 0.1) is 0 Å². The van der Waals surface area contributed by atoms with E-state index in [9.17, 15) is 9.90 Å². The molecule has 7 heteroatoms. The Labute approximate surface area is 150 Å². The summed E-state index contributed by atoms with van der Waals surface area (Å²) in [5.74, 6) is 0.585. The van der Waals surface area contributed by atoms with Gasteiger partial charge in [-0.2, -0.15) is 5.10 Å². The van der Waals surface area contributed by atoms with Gasteiger partial charge in [-0.05, 0) is 19.1 Å². The summed E-state index contributed by atoms with van der Waals surface area (Å²) in [6, 6.07) is 15.9. The third-order valence-electron chi connectivity index (χ3n) is 3.52. The Morgan fingerprint density at radius 2 is 2.04 bits per heavy atom. The molecule has 0 amide bonds. The van der Waals surface area contributed by atoms with Crippen molar-refractivity contribution in [3.05, 3.63) is 70.5 Å². The van der Waals surface area contributed by atoms with Crippen LogP contribution in [0.2, 0.25) is 0 Å². The first-order chi connectivity index (χ1) is 12.7. The van der Waals surface area contributed by atoms with Gasteiger partial charge in [-0.3, -0.25) is 9.78 Å². The number of anilines is 1. The van der Waals surface area contributed by atoms with Gasteiger partial charge in [0.25, 0.3) is 5.56 Å². The van der Waals surface area contributed by atoms with Crippen LogP contribution in [0.3, 0.4) is 0 Å². The zero-order valence-corrected chi connectivity index (χ0v) is 14.1. The van der Waals surface area contributed by atoms with Crippen molar-refractivity contribution >= 4 is 12.2 Å². The molecule has 0 saturated carbocycles. The molecule has 0 fully saturated rings. The molecule has 3 rings (SSSR count). The van der Waals surface area contributed by atoms with Gasteiger partial charge in [-0.15, -0.1) is 0 Å². The van der Waals surface area contributed by atoms with Crippen LogP contribution in [0.25, 0.3) is 11.3 Å². The summed E-state index contributed by atoms with van der Waals surface area (Å²) in [7, 11) is 0.